The van der Waals surface area contributed by atoms with E-state index in [1.165, 1.54) is 11.1 Å². The molecule has 3 atom stereocenters. The van der Waals surface area contributed by atoms with Gasteiger partial charge in [0.25, 0.3) is 0 Å². The quantitative estimate of drug-likeness (QED) is 0.844. The average molecular weight is 286 g/mol. The van der Waals surface area contributed by atoms with E-state index in [0.29, 0.717) is 6.54 Å². The molecule has 3 heteroatoms. The van der Waals surface area contributed by atoms with Crippen molar-refractivity contribution in [3.63, 3.8) is 0 Å². The summed E-state index contributed by atoms with van der Waals surface area (Å²) >= 11 is 0. The van der Waals surface area contributed by atoms with Gasteiger partial charge in [-0.15, -0.1) is 0 Å². The number of nitrogens with two attached hydrogens (primary N) is 1. The number of benzene rings is 1. The van der Waals surface area contributed by atoms with E-state index in [4.69, 9.17) is 5.73 Å². The van der Waals surface area contributed by atoms with Crippen molar-refractivity contribution in [3.05, 3.63) is 35.4 Å². The van der Waals surface area contributed by atoms with Gasteiger partial charge >= 0.3 is 0 Å². The second-order valence-corrected chi connectivity index (χ2v) is 6.65. The van der Waals surface area contributed by atoms with Crippen LogP contribution >= 0.6 is 0 Å². The van der Waals surface area contributed by atoms with Crippen LogP contribution in [-0.2, 0) is 16.6 Å². The summed E-state index contributed by atoms with van der Waals surface area (Å²) in [7, 11) is 0. The highest BCUT2D eigenvalue weighted by atomic mass is 16.2. The average Bonchev–Trinajstić information content (AvgIpc) is 3.13. The number of nitrogens with one attached hydrogen (secondary N) is 1. The summed E-state index contributed by atoms with van der Waals surface area (Å²) in [4.78, 5) is 12.5. The SMILES string of the molecule is CCCCC(CN)NC(=O)C1CC12CCc1ccccc12. The van der Waals surface area contributed by atoms with E-state index in [2.05, 4.69) is 36.5 Å². The molecular formula is C18H26N2O. The Kier molecular flexibility index (Phi) is 4.03. The minimum atomic E-state index is 0.143. The van der Waals surface area contributed by atoms with Crippen LogP contribution in [0.5, 0.6) is 0 Å². The zero-order chi connectivity index (χ0) is 14.9. The maximum absolute atomic E-state index is 12.5. The number of amides is 1. The molecule has 0 aliphatic heterocycles. The number of unbranched alkanes of at least 4 members (excludes halogenated alkanes) is 1. The molecule has 0 aromatic heterocycles. The number of hydrogen-bond acceptors (Lipinski definition) is 2. The lowest BCUT2D eigenvalue weighted by Crippen LogP contribution is -2.41. The highest BCUT2D eigenvalue weighted by Crippen LogP contribution is 2.61. The van der Waals surface area contributed by atoms with Crippen molar-refractivity contribution in [3.8, 4) is 0 Å². The maximum Gasteiger partial charge on any atom is 0.224 e. The fourth-order valence-electron chi connectivity index (χ4n) is 3.94. The zero-order valence-corrected chi connectivity index (χ0v) is 12.9. The molecule has 3 rings (SSSR count). The molecule has 1 aromatic carbocycles. The largest absolute Gasteiger partial charge is 0.352 e. The molecule has 1 spiro atoms. The van der Waals surface area contributed by atoms with Crippen LogP contribution in [0.2, 0.25) is 0 Å². The summed E-state index contributed by atoms with van der Waals surface area (Å²) in [5.74, 6) is 0.384. The van der Waals surface area contributed by atoms with E-state index in [1.54, 1.807) is 0 Å². The lowest BCUT2D eigenvalue weighted by atomic mass is 9.95. The van der Waals surface area contributed by atoms with Crippen molar-refractivity contribution in [1.82, 2.24) is 5.32 Å². The van der Waals surface area contributed by atoms with E-state index in [9.17, 15) is 4.79 Å². The monoisotopic (exact) mass is 286 g/mol. The maximum atomic E-state index is 12.5. The molecule has 0 heterocycles. The molecule has 114 valence electrons. The van der Waals surface area contributed by atoms with E-state index in [1.807, 2.05) is 0 Å². The van der Waals surface area contributed by atoms with Crippen LogP contribution in [0.4, 0.5) is 0 Å². The fraction of sp³-hybridized carbons (Fsp3) is 0.611. The van der Waals surface area contributed by atoms with Crippen LogP contribution in [-0.4, -0.2) is 18.5 Å². The zero-order valence-electron chi connectivity index (χ0n) is 12.9. The summed E-state index contributed by atoms with van der Waals surface area (Å²) in [6, 6.07) is 8.77. The Morgan fingerprint density at radius 2 is 2.29 bits per heavy atom. The first-order valence-electron chi connectivity index (χ1n) is 8.30. The number of fused-ring (bicyclic) bond motifs is 2. The van der Waals surface area contributed by atoms with Gasteiger partial charge in [-0.25, -0.2) is 0 Å². The molecule has 1 saturated carbocycles. The van der Waals surface area contributed by atoms with Crippen LogP contribution in [0.1, 0.15) is 50.2 Å². The normalized spacial score (nSPS) is 27.4. The van der Waals surface area contributed by atoms with E-state index in [0.717, 1.165) is 38.5 Å². The molecule has 2 aliphatic carbocycles. The van der Waals surface area contributed by atoms with Crippen LogP contribution in [0.3, 0.4) is 0 Å². The summed E-state index contributed by atoms with van der Waals surface area (Å²) in [5, 5.41) is 3.18. The van der Waals surface area contributed by atoms with Gasteiger partial charge in [-0.2, -0.15) is 0 Å². The van der Waals surface area contributed by atoms with Gasteiger partial charge in [0.05, 0.1) is 0 Å². The third kappa shape index (κ3) is 2.59. The summed E-state index contributed by atoms with van der Waals surface area (Å²) in [5.41, 5.74) is 8.79. The molecule has 2 aliphatic rings. The Morgan fingerprint density at radius 1 is 1.48 bits per heavy atom. The third-order valence-electron chi connectivity index (χ3n) is 5.32. The van der Waals surface area contributed by atoms with Crippen molar-refractivity contribution in [2.45, 2.75) is 56.9 Å². The molecule has 1 amide bonds. The van der Waals surface area contributed by atoms with Crippen molar-refractivity contribution < 1.29 is 4.79 Å². The number of hydrogen-bond donors (Lipinski definition) is 2. The van der Waals surface area contributed by atoms with Gasteiger partial charge in [0, 0.05) is 23.9 Å². The first-order chi connectivity index (χ1) is 10.2. The Bertz CT molecular complexity index is 528. The molecule has 3 N–H and O–H groups in total. The Hall–Kier alpha value is -1.35. The fourth-order valence-corrected chi connectivity index (χ4v) is 3.94. The Labute approximate surface area is 127 Å². The van der Waals surface area contributed by atoms with Gasteiger partial charge in [-0.3, -0.25) is 4.79 Å². The molecule has 21 heavy (non-hydrogen) atoms. The molecule has 1 fully saturated rings. The molecule has 0 radical (unpaired) electrons. The standard InChI is InChI=1S/C18H26N2O/c1-2-3-7-14(12-19)20-17(21)16-11-18(16)10-9-13-6-4-5-8-15(13)18/h4-6,8,14,16H,2-3,7,9-12,19H2,1H3,(H,20,21). The summed E-state index contributed by atoms with van der Waals surface area (Å²) < 4.78 is 0. The van der Waals surface area contributed by atoms with Crippen LogP contribution in [0.25, 0.3) is 0 Å². The van der Waals surface area contributed by atoms with Crippen LogP contribution in [0.15, 0.2) is 24.3 Å². The van der Waals surface area contributed by atoms with Crippen molar-refractivity contribution >= 4 is 5.91 Å². The Morgan fingerprint density at radius 3 is 3.05 bits per heavy atom. The molecule has 3 nitrogen and oxygen atoms in total. The molecular weight excluding hydrogens is 260 g/mol. The molecule has 3 unspecified atom stereocenters. The summed E-state index contributed by atoms with van der Waals surface area (Å²) in [6.45, 7) is 2.71. The first-order valence-corrected chi connectivity index (χ1v) is 8.30. The van der Waals surface area contributed by atoms with Gasteiger partial charge in [-0.05, 0) is 36.8 Å². The van der Waals surface area contributed by atoms with Crippen LogP contribution in [0, 0.1) is 5.92 Å². The van der Waals surface area contributed by atoms with Crippen molar-refractivity contribution in [2.24, 2.45) is 11.7 Å². The van der Waals surface area contributed by atoms with E-state index >= 15 is 0 Å². The van der Waals surface area contributed by atoms with Crippen LogP contribution < -0.4 is 11.1 Å². The minimum Gasteiger partial charge on any atom is -0.352 e. The molecule has 1 aromatic rings. The molecule has 0 saturated heterocycles. The molecule has 0 bridgehead atoms. The second-order valence-electron chi connectivity index (χ2n) is 6.65. The Balaban J connectivity index is 1.64. The highest BCUT2D eigenvalue weighted by molar-refractivity contribution is 5.85. The number of carbonyl (C=O) groups excluding carboxylic acids is 1. The predicted octanol–water partition coefficient (Wildman–Crippen LogP) is 2.52. The second kappa shape index (κ2) is 5.80. The van der Waals surface area contributed by atoms with Gasteiger partial charge in [0.1, 0.15) is 0 Å². The van der Waals surface area contributed by atoms with Gasteiger partial charge in [0.2, 0.25) is 5.91 Å². The van der Waals surface area contributed by atoms with Gasteiger partial charge in [0.15, 0.2) is 0 Å². The smallest absolute Gasteiger partial charge is 0.224 e. The van der Waals surface area contributed by atoms with E-state index < -0.39 is 0 Å². The topological polar surface area (TPSA) is 55.1 Å². The van der Waals surface area contributed by atoms with Crippen molar-refractivity contribution in [2.75, 3.05) is 6.54 Å². The summed E-state index contributed by atoms with van der Waals surface area (Å²) in [6.07, 6.45) is 6.53. The number of aryl methyl sites for hydroxylation is 1. The van der Waals surface area contributed by atoms with Crippen molar-refractivity contribution in [1.29, 1.82) is 0 Å². The van der Waals surface area contributed by atoms with Gasteiger partial charge in [-0.1, -0.05) is 44.0 Å². The lowest BCUT2D eigenvalue weighted by Gasteiger charge is -2.18. The number of carbonyl (C=O) groups is 1. The first kappa shape index (κ1) is 14.6. The minimum absolute atomic E-state index is 0.143. The van der Waals surface area contributed by atoms with Gasteiger partial charge < -0.3 is 11.1 Å². The third-order valence-corrected chi connectivity index (χ3v) is 5.32. The lowest BCUT2D eigenvalue weighted by molar-refractivity contribution is -0.123. The number of rotatable bonds is 6. The predicted molar refractivity (Wildman–Crippen MR) is 85.1 cm³/mol. The van der Waals surface area contributed by atoms with E-state index in [-0.39, 0.29) is 23.3 Å². The highest BCUT2D eigenvalue weighted by Gasteiger charge is 2.61.